The number of alkyl halides is 6. The Morgan fingerprint density at radius 3 is 1.93 bits per heavy atom. The van der Waals surface area contributed by atoms with E-state index >= 15 is 0 Å². The molecule has 2 aromatic carbocycles. The number of carboxylic acid groups (broad SMARTS) is 2. The fourth-order valence-corrected chi connectivity index (χ4v) is 3.52. The van der Waals surface area contributed by atoms with Gasteiger partial charge in [0.05, 0.1) is 0 Å². The highest BCUT2D eigenvalue weighted by atomic mass is 19.4. The maximum atomic E-state index is 13.8. The fourth-order valence-electron chi connectivity index (χ4n) is 3.52. The molecule has 2 atom stereocenters. The molecule has 1 amide bonds. The van der Waals surface area contributed by atoms with Gasteiger partial charge in [0.2, 0.25) is 5.91 Å². The lowest BCUT2D eigenvalue weighted by Gasteiger charge is -2.37. The highest BCUT2D eigenvalue weighted by Crippen LogP contribution is 2.16. The van der Waals surface area contributed by atoms with Crippen LogP contribution in [-0.2, 0) is 27.2 Å². The number of carboxylic acids is 2. The summed E-state index contributed by atoms with van der Waals surface area (Å²) in [5.41, 5.74) is 7.93. The lowest BCUT2D eigenvalue weighted by Crippen LogP contribution is -2.55. The normalized spacial score (nSPS) is 16.0. The van der Waals surface area contributed by atoms with Crippen molar-refractivity contribution in [3.05, 3.63) is 71.5 Å². The average molecular weight is 584 g/mol. The Bertz CT molecular complexity index is 1070. The molecule has 1 aliphatic heterocycles. The van der Waals surface area contributed by atoms with Crippen LogP contribution in [0.5, 0.6) is 0 Å². The summed E-state index contributed by atoms with van der Waals surface area (Å²) in [5.74, 6) is -5.73. The minimum atomic E-state index is -5.08. The number of carbonyl (C=O) groups is 3. The van der Waals surface area contributed by atoms with E-state index in [4.69, 9.17) is 25.5 Å². The predicted octanol–water partition coefficient (Wildman–Crippen LogP) is 3.40. The Kier molecular flexibility index (Phi) is 13.5. The molecule has 0 aliphatic carbocycles. The lowest BCUT2D eigenvalue weighted by atomic mass is 10.00. The zero-order valence-electron chi connectivity index (χ0n) is 20.9. The molecule has 1 heterocycles. The summed E-state index contributed by atoms with van der Waals surface area (Å²) in [6.45, 7) is 2.26. The van der Waals surface area contributed by atoms with Crippen molar-refractivity contribution in [3.8, 4) is 0 Å². The van der Waals surface area contributed by atoms with E-state index in [-0.39, 0.29) is 30.2 Å². The Morgan fingerprint density at radius 2 is 1.43 bits per heavy atom. The number of nitrogens with zero attached hydrogens (tertiary/aromatic N) is 1. The molecule has 0 radical (unpaired) electrons. The summed E-state index contributed by atoms with van der Waals surface area (Å²) >= 11 is 0. The van der Waals surface area contributed by atoms with E-state index in [0.717, 1.165) is 19.5 Å². The quantitative estimate of drug-likeness (QED) is 0.384. The van der Waals surface area contributed by atoms with Gasteiger partial charge in [-0.2, -0.15) is 26.3 Å². The van der Waals surface area contributed by atoms with E-state index in [1.165, 1.54) is 11.6 Å². The van der Waals surface area contributed by atoms with Gasteiger partial charge in [-0.25, -0.2) is 14.0 Å². The molecular weight excluding hydrogens is 555 g/mol. The number of amides is 1. The highest BCUT2D eigenvalue weighted by Gasteiger charge is 2.38. The molecule has 8 nitrogen and oxygen atoms in total. The molecule has 5 N–H and O–H groups in total. The van der Waals surface area contributed by atoms with Gasteiger partial charge in [0, 0.05) is 38.1 Å². The molecule has 2 aromatic rings. The predicted molar refractivity (Wildman–Crippen MR) is 129 cm³/mol. The highest BCUT2D eigenvalue weighted by molar-refractivity contribution is 5.77. The third-order valence-electron chi connectivity index (χ3n) is 5.35. The average Bonchev–Trinajstić information content (AvgIpc) is 2.86. The summed E-state index contributed by atoms with van der Waals surface area (Å²) in [4.78, 5) is 32.5. The first-order valence-corrected chi connectivity index (χ1v) is 11.7. The zero-order valence-corrected chi connectivity index (χ0v) is 20.9. The molecule has 1 saturated heterocycles. The Hall–Kier alpha value is -3.72. The maximum Gasteiger partial charge on any atom is 0.490 e. The second-order valence-corrected chi connectivity index (χ2v) is 8.50. The van der Waals surface area contributed by atoms with Crippen molar-refractivity contribution in [3.63, 3.8) is 0 Å². The van der Waals surface area contributed by atoms with Gasteiger partial charge in [-0.05, 0) is 30.0 Å². The van der Waals surface area contributed by atoms with Gasteiger partial charge in [-0.3, -0.25) is 4.79 Å². The van der Waals surface area contributed by atoms with E-state index in [2.05, 4.69) is 17.4 Å². The standard InChI is InChI=1S/C21H26FN3O.2C2HF3O2/c22-20-9-5-4-8-17(20)13-18(23)14-21(26)25-11-10-24-15-19(25)12-16-6-2-1-3-7-16;2*3-2(4,5)1(6)7/h1-9,18-19,24H,10-15,23H2;2*(H,6,7)/t18-,19-;;/m1../s1. The largest absolute Gasteiger partial charge is 0.490 e. The summed E-state index contributed by atoms with van der Waals surface area (Å²) in [5, 5.41) is 17.6. The lowest BCUT2D eigenvalue weighted by molar-refractivity contribution is -0.193. The Balaban J connectivity index is 0.000000473. The first-order valence-electron chi connectivity index (χ1n) is 11.7. The van der Waals surface area contributed by atoms with Gasteiger partial charge in [-0.15, -0.1) is 0 Å². The number of rotatable bonds is 6. The van der Waals surface area contributed by atoms with Crippen molar-refractivity contribution < 1.29 is 55.3 Å². The van der Waals surface area contributed by atoms with E-state index in [0.29, 0.717) is 18.5 Å². The first-order chi connectivity index (χ1) is 18.5. The van der Waals surface area contributed by atoms with Crippen molar-refractivity contribution in [1.82, 2.24) is 10.2 Å². The fraction of sp³-hybridized carbons (Fsp3) is 0.400. The number of piperazine rings is 1. The molecule has 0 aromatic heterocycles. The Labute approximate surface area is 224 Å². The summed E-state index contributed by atoms with van der Waals surface area (Å²) in [6, 6.07) is 16.5. The summed E-state index contributed by atoms with van der Waals surface area (Å²) in [6.07, 6.45) is -8.74. The van der Waals surface area contributed by atoms with E-state index < -0.39 is 24.3 Å². The smallest absolute Gasteiger partial charge is 0.475 e. The van der Waals surface area contributed by atoms with Crippen molar-refractivity contribution in [2.75, 3.05) is 19.6 Å². The van der Waals surface area contributed by atoms with Crippen LogP contribution in [0.25, 0.3) is 0 Å². The van der Waals surface area contributed by atoms with Gasteiger partial charge in [0.25, 0.3) is 0 Å². The molecule has 40 heavy (non-hydrogen) atoms. The molecule has 0 unspecified atom stereocenters. The molecule has 0 saturated carbocycles. The number of hydrogen-bond acceptors (Lipinski definition) is 5. The molecule has 1 aliphatic rings. The zero-order chi connectivity index (χ0) is 30.5. The van der Waals surface area contributed by atoms with Crippen molar-refractivity contribution in [2.45, 2.75) is 43.7 Å². The number of nitrogens with two attached hydrogens (primary N) is 1. The monoisotopic (exact) mass is 583 g/mol. The van der Waals surface area contributed by atoms with Crippen molar-refractivity contribution in [2.24, 2.45) is 5.73 Å². The second-order valence-electron chi connectivity index (χ2n) is 8.50. The summed E-state index contributed by atoms with van der Waals surface area (Å²) in [7, 11) is 0. The molecule has 1 fully saturated rings. The molecule has 3 rings (SSSR count). The van der Waals surface area contributed by atoms with E-state index in [1.807, 2.05) is 23.1 Å². The van der Waals surface area contributed by atoms with Crippen LogP contribution in [-0.4, -0.2) is 77.0 Å². The topological polar surface area (TPSA) is 133 Å². The van der Waals surface area contributed by atoms with Crippen molar-refractivity contribution >= 4 is 17.8 Å². The maximum absolute atomic E-state index is 13.8. The van der Waals surface area contributed by atoms with Crippen LogP contribution in [0, 0.1) is 5.82 Å². The molecular formula is C25H28F7N3O5. The molecule has 0 bridgehead atoms. The van der Waals surface area contributed by atoms with Crippen LogP contribution in [0.4, 0.5) is 30.7 Å². The van der Waals surface area contributed by atoms with Crippen LogP contribution in [0.3, 0.4) is 0 Å². The molecule has 222 valence electrons. The van der Waals surface area contributed by atoms with Crippen LogP contribution >= 0.6 is 0 Å². The van der Waals surface area contributed by atoms with Crippen LogP contribution in [0.1, 0.15) is 17.5 Å². The van der Waals surface area contributed by atoms with Crippen molar-refractivity contribution in [1.29, 1.82) is 0 Å². The number of hydrogen-bond donors (Lipinski definition) is 4. The number of carbonyl (C=O) groups excluding carboxylic acids is 1. The minimum Gasteiger partial charge on any atom is -0.475 e. The number of nitrogens with one attached hydrogen (secondary N) is 1. The minimum absolute atomic E-state index is 0.0521. The van der Waals surface area contributed by atoms with Crippen LogP contribution in [0.15, 0.2) is 54.6 Å². The molecule has 0 spiro atoms. The Morgan fingerprint density at radius 1 is 0.925 bits per heavy atom. The summed E-state index contributed by atoms with van der Waals surface area (Å²) < 4.78 is 77.3. The van der Waals surface area contributed by atoms with Gasteiger partial charge in [0.1, 0.15) is 5.82 Å². The number of halogens is 7. The SMILES string of the molecule is N[C@@H](CC(=O)N1CCNC[C@H]1Cc1ccccc1)Cc1ccccc1F.O=C(O)C(F)(F)F.O=C(O)C(F)(F)F. The second kappa shape index (κ2) is 15.8. The molecule has 15 heteroatoms. The third-order valence-corrected chi connectivity index (χ3v) is 5.35. The first kappa shape index (κ1) is 34.3. The van der Waals surface area contributed by atoms with Gasteiger partial charge in [0.15, 0.2) is 0 Å². The number of aliphatic carboxylic acids is 2. The van der Waals surface area contributed by atoms with Crippen LogP contribution < -0.4 is 11.1 Å². The van der Waals surface area contributed by atoms with Gasteiger partial charge < -0.3 is 26.2 Å². The van der Waals surface area contributed by atoms with Crippen LogP contribution in [0.2, 0.25) is 0 Å². The van der Waals surface area contributed by atoms with E-state index in [9.17, 15) is 35.5 Å². The van der Waals surface area contributed by atoms with E-state index in [1.54, 1.807) is 18.2 Å². The van der Waals surface area contributed by atoms with Gasteiger partial charge >= 0.3 is 24.3 Å². The third kappa shape index (κ3) is 12.9. The number of benzene rings is 2. The van der Waals surface area contributed by atoms with Gasteiger partial charge in [-0.1, -0.05) is 48.5 Å².